The predicted octanol–water partition coefficient (Wildman–Crippen LogP) is 4.41. The standard InChI is InChI=1S/C21H27BrN2/c1-2-14-3-6-19-16(11-14)4-5-17-12-18(22)13-24-21(17)20(19)15-7-9-23-10-8-15/h3,6,11-13,15,20-21,23-24H,2,4-5,7-10H2,1H3/t20-,21?/m1/s1. The first-order chi connectivity index (χ1) is 11.8. The van der Waals surface area contributed by atoms with Crippen LogP contribution in [-0.4, -0.2) is 19.1 Å². The molecule has 128 valence electrons. The highest BCUT2D eigenvalue weighted by molar-refractivity contribution is 9.11. The van der Waals surface area contributed by atoms with E-state index < -0.39 is 0 Å². The van der Waals surface area contributed by atoms with E-state index in [2.05, 4.69) is 64.0 Å². The summed E-state index contributed by atoms with van der Waals surface area (Å²) in [5, 5.41) is 7.27. The minimum absolute atomic E-state index is 0.461. The van der Waals surface area contributed by atoms with Crippen molar-refractivity contribution in [1.29, 1.82) is 0 Å². The maximum Gasteiger partial charge on any atom is 0.0543 e. The molecule has 3 heteroatoms. The predicted molar refractivity (Wildman–Crippen MR) is 104 cm³/mol. The van der Waals surface area contributed by atoms with Crippen molar-refractivity contribution in [3.8, 4) is 0 Å². The van der Waals surface area contributed by atoms with Gasteiger partial charge in [-0.15, -0.1) is 0 Å². The second-order valence-electron chi connectivity index (χ2n) is 7.39. The average Bonchev–Trinajstić information content (AvgIpc) is 2.78. The van der Waals surface area contributed by atoms with Gasteiger partial charge in [0.05, 0.1) is 6.04 Å². The second-order valence-corrected chi connectivity index (χ2v) is 8.31. The summed E-state index contributed by atoms with van der Waals surface area (Å²) in [5.74, 6) is 1.36. The fraction of sp³-hybridized carbons (Fsp3) is 0.524. The van der Waals surface area contributed by atoms with Crippen molar-refractivity contribution in [2.75, 3.05) is 13.1 Å². The van der Waals surface area contributed by atoms with Crippen LogP contribution in [0.1, 0.15) is 48.8 Å². The van der Waals surface area contributed by atoms with Crippen molar-refractivity contribution in [2.24, 2.45) is 5.92 Å². The van der Waals surface area contributed by atoms with Crippen LogP contribution in [0.3, 0.4) is 0 Å². The summed E-state index contributed by atoms with van der Waals surface area (Å²) in [7, 11) is 0. The number of dihydropyridines is 1. The Morgan fingerprint density at radius 2 is 2.00 bits per heavy atom. The lowest BCUT2D eigenvalue weighted by atomic mass is 9.73. The first kappa shape index (κ1) is 16.4. The Labute approximate surface area is 153 Å². The van der Waals surface area contributed by atoms with Crippen molar-refractivity contribution in [3.05, 3.63) is 57.2 Å². The molecular formula is C21H27BrN2. The van der Waals surface area contributed by atoms with Crippen molar-refractivity contribution >= 4 is 15.9 Å². The second kappa shape index (κ2) is 7.05. The van der Waals surface area contributed by atoms with Gasteiger partial charge in [0.2, 0.25) is 0 Å². The molecule has 0 bridgehead atoms. The van der Waals surface area contributed by atoms with Gasteiger partial charge in [-0.2, -0.15) is 0 Å². The number of allylic oxidation sites excluding steroid dienone is 2. The Hall–Kier alpha value is -1.06. The first-order valence-electron chi connectivity index (χ1n) is 9.41. The zero-order valence-corrected chi connectivity index (χ0v) is 16.0. The Balaban J connectivity index is 1.77. The van der Waals surface area contributed by atoms with Gasteiger partial charge < -0.3 is 10.6 Å². The van der Waals surface area contributed by atoms with E-state index >= 15 is 0 Å². The maximum atomic E-state index is 3.73. The zero-order valence-electron chi connectivity index (χ0n) is 14.4. The van der Waals surface area contributed by atoms with E-state index in [1.54, 1.807) is 16.7 Å². The van der Waals surface area contributed by atoms with Crippen LogP contribution >= 0.6 is 15.9 Å². The number of fused-ring (bicyclic) bond motifs is 2. The zero-order chi connectivity index (χ0) is 16.5. The van der Waals surface area contributed by atoms with Crippen LogP contribution in [0.2, 0.25) is 0 Å². The molecule has 1 aromatic carbocycles. The summed E-state index contributed by atoms with van der Waals surface area (Å²) < 4.78 is 1.18. The van der Waals surface area contributed by atoms with Gasteiger partial charge in [0.1, 0.15) is 0 Å². The molecule has 0 radical (unpaired) electrons. The van der Waals surface area contributed by atoms with Gasteiger partial charge in [0.25, 0.3) is 0 Å². The molecule has 2 heterocycles. The number of benzene rings is 1. The lowest BCUT2D eigenvalue weighted by Crippen LogP contribution is -2.41. The Morgan fingerprint density at radius 3 is 2.79 bits per heavy atom. The monoisotopic (exact) mass is 386 g/mol. The number of piperidine rings is 1. The van der Waals surface area contributed by atoms with Crippen LogP contribution in [0.15, 0.2) is 40.5 Å². The van der Waals surface area contributed by atoms with Gasteiger partial charge in [-0.3, -0.25) is 0 Å². The molecule has 2 atom stereocenters. The molecule has 4 rings (SSSR count). The molecule has 2 N–H and O–H groups in total. The summed E-state index contributed by atoms with van der Waals surface area (Å²) in [5.41, 5.74) is 6.24. The number of hydrogen-bond acceptors (Lipinski definition) is 2. The molecule has 0 spiro atoms. The molecule has 1 saturated heterocycles. The van der Waals surface area contributed by atoms with Crippen LogP contribution in [0, 0.1) is 5.92 Å². The molecule has 2 nitrogen and oxygen atoms in total. The fourth-order valence-corrected chi connectivity index (χ4v) is 5.18. The molecular weight excluding hydrogens is 360 g/mol. The molecule has 1 aliphatic carbocycles. The number of aryl methyl sites for hydroxylation is 2. The molecule has 0 saturated carbocycles. The van der Waals surface area contributed by atoms with E-state index in [1.165, 1.54) is 35.7 Å². The Bertz CT molecular complexity index is 670. The van der Waals surface area contributed by atoms with Crippen molar-refractivity contribution in [3.63, 3.8) is 0 Å². The van der Waals surface area contributed by atoms with E-state index in [4.69, 9.17) is 0 Å². The summed E-state index contributed by atoms with van der Waals surface area (Å²) in [6.45, 7) is 4.58. The van der Waals surface area contributed by atoms with Crippen molar-refractivity contribution in [2.45, 2.75) is 51.0 Å². The minimum Gasteiger partial charge on any atom is -0.383 e. The quantitative estimate of drug-likeness (QED) is 0.786. The lowest BCUT2D eigenvalue weighted by molar-refractivity contribution is 0.288. The third kappa shape index (κ3) is 3.09. The van der Waals surface area contributed by atoms with E-state index in [0.717, 1.165) is 25.4 Å². The third-order valence-corrected chi connectivity index (χ3v) is 6.49. The van der Waals surface area contributed by atoms with E-state index in [9.17, 15) is 0 Å². The molecule has 1 aromatic rings. The number of hydrogen-bond donors (Lipinski definition) is 2. The highest BCUT2D eigenvalue weighted by Crippen LogP contribution is 2.43. The van der Waals surface area contributed by atoms with Gasteiger partial charge in [0, 0.05) is 16.6 Å². The average molecular weight is 387 g/mol. The number of rotatable bonds is 2. The SMILES string of the molecule is CCc1ccc2c(c1)CCC1=CC(Br)=CNC1[C@@H]2C1CCNCC1. The van der Waals surface area contributed by atoms with Crippen molar-refractivity contribution < 1.29 is 0 Å². The van der Waals surface area contributed by atoms with Gasteiger partial charge in [-0.05, 0) is 95.4 Å². The molecule has 0 amide bonds. The normalized spacial score (nSPS) is 27.2. The van der Waals surface area contributed by atoms with E-state index in [-0.39, 0.29) is 0 Å². The molecule has 2 aliphatic heterocycles. The highest BCUT2D eigenvalue weighted by atomic mass is 79.9. The van der Waals surface area contributed by atoms with Gasteiger partial charge >= 0.3 is 0 Å². The topological polar surface area (TPSA) is 24.1 Å². The summed E-state index contributed by atoms with van der Waals surface area (Å²) in [4.78, 5) is 0. The summed E-state index contributed by atoms with van der Waals surface area (Å²) >= 11 is 3.66. The lowest BCUT2D eigenvalue weighted by Gasteiger charge is -2.38. The Kier molecular flexibility index (Phi) is 4.82. The van der Waals surface area contributed by atoms with E-state index in [0.29, 0.717) is 12.0 Å². The summed E-state index contributed by atoms with van der Waals surface area (Å²) in [6, 6.07) is 7.74. The maximum absolute atomic E-state index is 3.73. The van der Waals surface area contributed by atoms with Gasteiger partial charge in [-0.25, -0.2) is 0 Å². The summed E-state index contributed by atoms with van der Waals surface area (Å²) in [6.07, 6.45) is 10.6. The molecule has 0 aromatic heterocycles. The van der Waals surface area contributed by atoms with Crippen LogP contribution in [-0.2, 0) is 12.8 Å². The van der Waals surface area contributed by atoms with E-state index in [1.807, 2.05) is 0 Å². The largest absolute Gasteiger partial charge is 0.383 e. The van der Waals surface area contributed by atoms with Crippen LogP contribution < -0.4 is 10.6 Å². The highest BCUT2D eigenvalue weighted by Gasteiger charge is 2.37. The third-order valence-electron chi connectivity index (χ3n) is 6.03. The Morgan fingerprint density at radius 1 is 1.17 bits per heavy atom. The number of nitrogens with one attached hydrogen (secondary N) is 2. The van der Waals surface area contributed by atoms with Gasteiger partial charge in [-0.1, -0.05) is 25.1 Å². The molecule has 3 aliphatic rings. The molecule has 24 heavy (non-hydrogen) atoms. The van der Waals surface area contributed by atoms with Crippen LogP contribution in [0.4, 0.5) is 0 Å². The first-order valence-corrected chi connectivity index (χ1v) is 10.2. The number of halogens is 1. The minimum atomic E-state index is 0.461. The fourth-order valence-electron chi connectivity index (χ4n) is 4.76. The smallest absolute Gasteiger partial charge is 0.0543 e. The van der Waals surface area contributed by atoms with Crippen LogP contribution in [0.5, 0.6) is 0 Å². The molecule has 1 unspecified atom stereocenters. The van der Waals surface area contributed by atoms with Crippen LogP contribution in [0.25, 0.3) is 0 Å². The molecule has 1 fully saturated rings. The van der Waals surface area contributed by atoms with Gasteiger partial charge in [0.15, 0.2) is 0 Å². The van der Waals surface area contributed by atoms with Crippen molar-refractivity contribution in [1.82, 2.24) is 10.6 Å².